The summed E-state index contributed by atoms with van der Waals surface area (Å²) in [7, 11) is -3.84. The molecular formula is C15H18F3NO5S. The first-order valence-corrected chi connectivity index (χ1v) is 9.10. The summed E-state index contributed by atoms with van der Waals surface area (Å²) >= 11 is 0. The van der Waals surface area contributed by atoms with Crippen LogP contribution in [-0.2, 0) is 19.6 Å². The highest BCUT2D eigenvalue weighted by Crippen LogP contribution is 2.27. The molecule has 2 rings (SSSR count). The monoisotopic (exact) mass is 381 g/mol. The molecule has 0 bridgehead atoms. The van der Waals surface area contributed by atoms with Gasteiger partial charge in [0.15, 0.2) is 0 Å². The Kier molecular flexibility index (Phi) is 5.94. The highest BCUT2D eigenvalue weighted by Gasteiger charge is 2.33. The molecule has 0 spiro atoms. The van der Waals surface area contributed by atoms with Gasteiger partial charge in [-0.05, 0) is 44.0 Å². The zero-order valence-electron chi connectivity index (χ0n) is 13.5. The SMILES string of the molecule is CCOC(=O)C1CCN(S(=O)(=O)c2ccc(OC(F)(F)F)cc2)CC1. The summed E-state index contributed by atoms with van der Waals surface area (Å²) in [6, 6.07) is 4.03. The predicted molar refractivity (Wildman–Crippen MR) is 81.2 cm³/mol. The summed E-state index contributed by atoms with van der Waals surface area (Å²) < 4.78 is 71.3. The van der Waals surface area contributed by atoms with Crippen LogP contribution in [0.25, 0.3) is 0 Å². The van der Waals surface area contributed by atoms with E-state index in [9.17, 15) is 26.4 Å². The Bertz CT molecular complexity index is 695. The molecule has 10 heteroatoms. The minimum absolute atomic E-state index is 0.128. The van der Waals surface area contributed by atoms with Crippen LogP contribution >= 0.6 is 0 Å². The van der Waals surface area contributed by atoms with Crippen LogP contribution in [0.5, 0.6) is 5.75 Å². The van der Waals surface area contributed by atoms with Gasteiger partial charge >= 0.3 is 12.3 Å². The topological polar surface area (TPSA) is 72.9 Å². The van der Waals surface area contributed by atoms with Crippen molar-refractivity contribution in [3.63, 3.8) is 0 Å². The van der Waals surface area contributed by atoms with Crippen LogP contribution in [0.15, 0.2) is 29.2 Å². The molecule has 140 valence electrons. The number of hydrogen-bond donors (Lipinski definition) is 0. The van der Waals surface area contributed by atoms with Crippen molar-refractivity contribution in [2.24, 2.45) is 5.92 Å². The molecule has 0 amide bonds. The summed E-state index contributed by atoms with van der Waals surface area (Å²) in [6.45, 7) is 2.26. The maximum absolute atomic E-state index is 12.5. The Labute approximate surface area is 143 Å². The van der Waals surface area contributed by atoms with E-state index in [4.69, 9.17) is 4.74 Å². The van der Waals surface area contributed by atoms with Gasteiger partial charge in [0.05, 0.1) is 17.4 Å². The zero-order valence-corrected chi connectivity index (χ0v) is 14.3. The molecule has 1 fully saturated rings. The minimum Gasteiger partial charge on any atom is -0.466 e. The number of alkyl halides is 3. The van der Waals surface area contributed by atoms with Crippen molar-refractivity contribution in [3.05, 3.63) is 24.3 Å². The summed E-state index contributed by atoms with van der Waals surface area (Å²) in [6.07, 6.45) is -4.16. The largest absolute Gasteiger partial charge is 0.573 e. The van der Waals surface area contributed by atoms with E-state index >= 15 is 0 Å². The van der Waals surface area contributed by atoms with Gasteiger partial charge in [-0.15, -0.1) is 13.2 Å². The van der Waals surface area contributed by atoms with E-state index in [1.165, 1.54) is 4.31 Å². The van der Waals surface area contributed by atoms with Gasteiger partial charge in [-0.1, -0.05) is 0 Å². The van der Waals surface area contributed by atoms with Gasteiger partial charge in [0.1, 0.15) is 5.75 Å². The molecule has 0 aliphatic carbocycles. The second-order valence-corrected chi connectivity index (χ2v) is 7.39. The normalized spacial score (nSPS) is 17.3. The molecule has 1 heterocycles. The molecule has 1 aromatic carbocycles. The third-order valence-electron chi connectivity index (χ3n) is 3.77. The van der Waals surface area contributed by atoms with E-state index in [1.54, 1.807) is 6.92 Å². The Hall–Kier alpha value is -1.81. The van der Waals surface area contributed by atoms with Crippen LogP contribution < -0.4 is 4.74 Å². The molecule has 0 unspecified atom stereocenters. The molecule has 0 saturated carbocycles. The average molecular weight is 381 g/mol. The van der Waals surface area contributed by atoms with E-state index < -0.39 is 22.1 Å². The molecule has 1 aliphatic heterocycles. The standard InChI is InChI=1S/C15H18F3NO5S/c1-2-23-14(20)11-7-9-19(10-8-11)25(21,22)13-5-3-12(4-6-13)24-15(16,17)18/h3-6,11H,2,7-10H2,1H3. The third-order valence-corrected chi connectivity index (χ3v) is 5.68. The molecule has 0 radical (unpaired) electrons. The number of benzene rings is 1. The van der Waals surface area contributed by atoms with Crippen LogP contribution in [0.4, 0.5) is 13.2 Å². The molecular weight excluding hydrogens is 363 g/mol. The number of carbonyl (C=O) groups excluding carboxylic acids is 1. The highest BCUT2D eigenvalue weighted by atomic mass is 32.2. The van der Waals surface area contributed by atoms with Gasteiger partial charge in [0, 0.05) is 13.1 Å². The first-order chi connectivity index (χ1) is 11.6. The van der Waals surface area contributed by atoms with Crippen LogP contribution in [0.2, 0.25) is 0 Å². The number of carbonyl (C=O) groups is 1. The number of rotatable bonds is 5. The quantitative estimate of drug-likeness (QED) is 0.733. The Balaban J connectivity index is 2.03. The number of nitrogens with zero attached hydrogens (tertiary/aromatic N) is 1. The van der Waals surface area contributed by atoms with Crippen LogP contribution in [-0.4, -0.2) is 44.8 Å². The smallest absolute Gasteiger partial charge is 0.466 e. The van der Waals surface area contributed by atoms with Crippen molar-refractivity contribution in [1.29, 1.82) is 0 Å². The van der Waals surface area contributed by atoms with Crippen molar-refractivity contribution in [3.8, 4) is 5.75 Å². The van der Waals surface area contributed by atoms with Gasteiger partial charge in [-0.2, -0.15) is 4.31 Å². The molecule has 1 saturated heterocycles. The summed E-state index contributed by atoms with van der Waals surface area (Å²) in [5.41, 5.74) is 0. The van der Waals surface area contributed by atoms with Crippen molar-refractivity contribution < 1.29 is 35.9 Å². The number of halogens is 3. The Morgan fingerprint density at radius 1 is 1.20 bits per heavy atom. The highest BCUT2D eigenvalue weighted by molar-refractivity contribution is 7.89. The number of esters is 1. The first-order valence-electron chi connectivity index (χ1n) is 7.66. The maximum Gasteiger partial charge on any atom is 0.573 e. The number of sulfonamides is 1. The first kappa shape index (κ1) is 19.5. The number of hydrogen-bond acceptors (Lipinski definition) is 5. The Morgan fingerprint density at radius 3 is 2.24 bits per heavy atom. The van der Waals surface area contributed by atoms with Gasteiger partial charge in [0.25, 0.3) is 0 Å². The molecule has 1 aromatic rings. The van der Waals surface area contributed by atoms with Crippen molar-refractivity contribution in [1.82, 2.24) is 4.31 Å². The second kappa shape index (κ2) is 7.61. The Morgan fingerprint density at radius 2 is 1.76 bits per heavy atom. The van der Waals surface area contributed by atoms with Crippen molar-refractivity contribution in [2.45, 2.75) is 31.0 Å². The fourth-order valence-electron chi connectivity index (χ4n) is 2.55. The minimum atomic E-state index is -4.84. The van der Waals surface area contributed by atoms with Crippen LogP contribution in [0.1, 0.15) is 19.8 Å². The molecule has 1 aliphatic rings. The lowest BCUT2D eigenvalue weighted by molar-refractivity contribution is -0.274. The summed E-state index contributed by atoms with van der Waals surface area (Å²) in [5.74, 6) is -1.17. The lowest BCUT2D eigenvalue weighted by Crippen LogP contribution is -2.40. The molecule has 0 atom stereocenters. The second-order valence-electron chi connectivity index (χ2n) is 5.45. The van der Waals surface area contributed by atoms with Gasteiger partial charge in [-0.25, -0.2) is 8.42 Å². The lowest BCUT2D eigenvalue weighted by Gasteiger charge is -2.30. The van der Waals surface area contributed by atoms with Gasteiger partial charge in [-0.3, -0.25) is 4.79 Å². The molecule has 25 heavy (non-hydrogen) atoms. The van der Waals surface area contributed by atoms with E-state index in [0.29, 0.717) is 12.8 Å². The van der Waals surface area contributed by atoms with Crippen molar-refractivity contribution in [2.75, 3.05) is 19.7 Å². The third kappa shape index (κ3) is 5.08. The number of ether oxygens (including phenoxy) is 2. The lowest BCUT2D eigenvalue weighted by atomic mass is 9.98. The van der Waals surface area contributed by atoms with E-state index in [0.717, 1.165) is 24.3 Å². The predicted octanol–water partition coefficient (Wildman–Crippen LogP) is 2.55. The van der Waals surface area contributed by atoms with E-state index in [-0.39, 0.29) is 36.5 Å². The number of piperidine rings is 1. The van der Waals surface area contributed by atoms with Crippen LogP contribution in [0.3, 0.4) is 0 Å². The van der Waals surface area contributed by atoms with Gasteiger partial charge in [0.2, 0.25) is 10.0 Å². The van der Waals surface area contributed by atoms with Crippen LogP contribution in [0, 0.1) is 5.92 Å². The van der Waals surface area contributed by atoms with Crippen molar-refractivity contribution >= 4 is 16.0 Å². The maximum atomic E-state index is 12.5. The fraction of sp³-hybridized carbons (Fsp3) is 0.533. The average Bonchev–Trinajstić information content (AvgIpc) is 2.54. The molecule has 6 nitrogen and oxygen atoms in total. The summed E-state index contributed by atoms with van der Waals surface area (Å²) in [4.78, 5) is 11.6. The van der Waals surface area contributed by atoms with Gasteiger partial charge < -0.3 is 9.47 Å². The molecule has 0 N–H and O–H groups in total. The summed E-state index contributed by atoms with van der Waals surface area (Å²) in [5, 5.41) is 0. The fourth-order valence-corrected chi connectivity index (χ4v) is 4.02. The van der Waals surface area contributed by atoms with E-state index in [1.807, 2.05) is 0 Å². The van der Waals surface area contributed by atoms with E-state index in [2.05, 4.69) is 4.74 Å². The zero-order chi connectivity index (χ0) is 18.7. The molecule has 0 aromatic heterocycles.